The Kier molecular flexibility index (Phi) is 7.80. The SMILES string of the molecule is O=CNc1nc(C(=CCl)C(=O)N[C@@H]2C(=O)N3C(C(=O)O)=C(CSC4CCS(=O)(=O)C4)CS[C@@H]23)cs1. The molecule has 3 N–H and O–H groups in total. The highest BCUT2D eigenvalue weighted by atomic mass is 35.5. The molecular weight excluding hydrogens is 560 g/mol. The fraction of sp³-hybridized carbons (Fsp3) is 0.421. The minimum atomic E-state index is -3.05. The number of hydrogen-bond acceptors (Lipinski definition) is 10. The van der Waals surface area contributed by atoms with Crippen molar-refractivity contribution in [1.82, 2.24) is 15.2 Å². The summed E-state index contributed by atoms with van der Waals surface area (Å²) < 4.78 is 23.4. The van der Waals surface area contributed by atoms with Gasteiger partial charge in [0.25, 0.3) is 11.8 Å². The van der Waals surface area contributed by atoms with Crippen LogP contribution in [0.2, 0.25) is 0 Å². The Balaban J connectivity index is 1.44. The predicted molar refractivity (Wildman–Crippen MR) is 135 cm³/mol. The van der Waals surface area contributed by atoms with E-state index in [1.165, 1.54) is 33.8 Å². The highest BCUT2D eigenvalue weighted by Crippen LogP contribution is 2.42. The number of carbonyl (C=O) groups is 4. The van der Waals surface area contributed by atoms with Gasteiger partial charge < -0.3 is 15.7 Å². The second-order valence-corrected chi connectivity index (χ2v) is 13.5. The summed E-state index contributed by atoms with van der Waals surface area (Å²) in [5.41, 5.74) is 1.66. The molecule has 0 aromatic carbocycles. The minimum absolute atomic E-state index is 0.00784. The molecule has 1 aromatic rings. The van der Waals surface area contributed by atoms with Crippen molar-refractivity contribution in [3.8, 4) is 0 Å². The first-order chi connectivity index (χ1) is 16.6. The Labute approximate surface area is 217 Å². The van der Waals surface area contributed by atoms with Gasteiger partial charge >= 0.3 is 5.97 Å². The number of carboxylic acids is 1. The summed E-state index contributed by atoms with van der Waals surface area (Å²) in [5, 5.41) is 15.9. The normalized spacial score (nSPS) is 25.6. The van der Waals surface area contributed by atoms with Gasteiger partial charge in [0.2, 0.25) is 6.41 Å². The maximum Gasteiger partial charge on any atom is 0.352 e. The molecule has 4 rings (SSSR count). The zero-order valence-electron chi connectivity index (χ0n) is 17.8. The Morgan fingerprint density at radius 2 is 2.17 bits per heavy atom. The zero-order valence-corrected chi connectivity index (χ0v) is 21.8. The van der Waals surface area contributed by atoms with Gasteiger partial charge in [-0.2, -0.15) is 11.8 Å². The summed E-state index contributed by atoms with van der Waals surface area (Å²) in [5.74, 6) is -1.63. The van der Waals surface area contributed by atoms with Crippen LogP contribution in [0.25, 0.3) is 5.57 Å². The molecule has 0 radical (unpaired) electrons. The summed E-state index contributed by atoms with van der Waals surface area (Å²) in [6.07, 6.45) is 0.974. The summed E-state index contributed by atoms with van der Waals surface area (Å²) in [4.78, 5) is 53.5. The van der Waals surface area contributed by atoms with Crippen LogP contribution in [-0.2, 0) is 29.0 Å². The van der Waals surface area contributed by atoms with Crippen LogP contribution in [0.1, 0.15) is 12.1 Å². The first kappa shape index (κ1) is 26.0. The highest BCUT2D eigenvalue weighted by Gasteiger charge is 2.54. The molecule has 0 aliphatic carbocycles. The molecular formula is C19H19ClN4O7S4. The van der Waals surface area contributed by atoms with Crippen molar-refractivity contribution in [2.24, 2.45) is 0 Å². The van der Waals surface area contributed by atoms with Crippen LogP contribution >= 0.6 is 46.5 Å². The first-order valence-corrected chi connectivity index (χ1v) is 15.4. The van der Waals surface area contributed by atoms with E-state index in [0.29, 0.717) is 29.9 Å². The molecule has 1 unspecified atom stereocenters. The average molecular weight is 579 g/mol. The lowest BCUT2D eigenvalue weighted by Gasteiger charge is -2.49. The lowest BCUT2D eigenvalue weighted by molar-refractivity contribution is -0.150. The molecule has 4 heterocycles. The summed E-state index contributed by atoms with van der Waals surface area (Å²) >= 11 is 9.62. The van der Waals surface area contributed by atoms with E-state index >= 15 is 0 Å². The van der Waals surface area contributed by atoms with Crippen molar-refractivity contribution in [3.05, 3.63) is 27.9 Å². The number of nitrogens with one attached hydrogen (secondary N) is 2. The number of anilines is 1. The fourth-order valence-electron chi connectivity index (χ4n) is 3.86. The molecule has 16 heteroatoms. The maximum absolute atomic E-state index is 12.9. The quantitative estimate of drug-likeness (QED) is 0.218. The van der Waals surface area contributed by atoms with Crippen LogP contribution in [0.15, 0.2) is 22.2 Å². The number of nitrogens with zero attached hydrogens (tertiary/aromatic N) is 2. The molecule has 35 heavy (non-hydrogen) atoms. The Morgan fingerprint density at radius 1 is 1.40 bits per heavy atom. The topological polar surface area (TPSA) is 163 Å². The maximum atomic E-state index is 12.9. The number of carboxylic acid groups (broad SMARTS) is 1. The molecule has 1 aromatic heterocycles. The first-order valence-electron chi connectivity index (χ1n) is 10.1. The lowest BCUT2D eigenvalue weighted by Crippen LogP contribution is -2.70. The van der Waals surface area contributed by atoms with E-state index in [9.17, 15) is 32.7 Å². The molecule has 0 spiro atoms. The molecule has 3 amide bonds. The molecule has 188 valence electrons. The van der Waals surface area contributed by atoms with Crippen molar-refractivity contribution < 1.29 is 32.7 Å². The number of halogens is 1. The molecule has 2 saturated heterocycles. The molecule has 11 nitrogen and oxygen atoms in total. The predicted octanol–water partition coefficient (Wildman–Crippen LogP) is 0.950. The Hall–Kier alpha value is -2.07. The van der Waals surface area contributed by atoms with Gasteiger partial charge in [-0.05, 0) is 12.0 Å². The van der Waals surface area contributed by atoms with E-state index < -0.39 is 39.0 Å². The van der Waals surface area contributed by atoms with Crippen molar-refractivity contribution in [1.29, 1.82) is 0 Å². The van der Waals surface area contributed by atoms with Crippen LogP contribution < -0.4 is 10.6 Å². The van der Waals surface area contributed by atoms with Gasteiger partial charge in [-0.15, -0.1) is 23.1 Å². The van der Waals surface area contributed by atoms with Crippen LogP contribution in [0.3, 0.4) is 0 Å². The van der Waals surface area contributed by atoms with Gasteiger partial charge in [-0.3, -0.25) is 19.3 Å². The van der Waals surface area contributed by atoms with E-state index in [2.05, 4.69) is 15.6 Å². The number of thiazole rings is 1. The number of fused-ring (bicyclic) bond motifs is 1. The lowest BCUT2D eigenvalue weighted by atomic mass is 10.0. The summed E-state index contributed by atoms with van der Waals surface area (Å²) in [7, 11) is -3.05. The van der Waals surface area contributed by atoms with Gasteiger partial charge in [-0.1, -0.05) is 11.6 Å². The number of rotatable bonds is 9. The third-order valence-corrected chi connectivity index (χ3v) is 11.2. The number of aromatic nitrogens is 1. The second-order valence-electron chi connectivity index (χ2n) is 7.78. The number of carbonyl (C=O) groups excluding carboxylic acids is 3. The third kappa shape index (κ3) is 5.38. The number of hydrogen-bond donors (Lipinski definition) is 3. The van der Waals surface area contributed by atoms with Crippen LogP contribution in [0.5, 0.6) is 0 Å². The van der Waals surface area contributed by atoms with Crippen LogP contribution in [-0.4, -0.2) is 87.3 Å². The Morgan fingerprint density at radius 3 is 2.80 bits per heavy atom. The molecule has 0 bridgehead atoms. The minimum Gasteiger partial charge on any atom is -0.477 e. The number of sulfone groups is 1. The van der Waals surface area contributed by atoms with Crippen molar-refractivity contribution >= 4 is 91.2 Å². The van der Waals surface area contributed by atoms with Crippen LogP contribution in [0, 0.1) is 0 Å². The zero-order chi connectivity index (χ0) is 25.3. The number of β-lactam (4-membered cyclic amide) rings is 1. The molecule has 3 aliphatic heterocycles. The smallest absolute Gasteiger partial charge is 0.352 e. The molecule has 3 aliphatic rings. The van der Waals surface area contributed by atoms with Gasteiger partial charge in [0.1, 0.15) is 17.1 Å². The number of thioether (sulfide) groups is 2. The van der Waals surface area contributed by atoms with Crippen molar-refractivity contribution in [2.45, 2.75) is 23.1 Å². The van der Waals surface area contributed by atoms with E-state index in [1.54, 1.807) is 0 Å². The van der Waals surface area contributed by atoms with Crippen LogP contribution in [0.4, 0.5) is 5.13 Å². The molecule has 3 atom stereocenters. The van der Waals surface area contributed by atoms with E-state index in [4.69, 9.17) is 11.6 Å². The largest absolute Gasteiger partial charge is 0.477 e. The second kappa shape index (κ2) is 10.5. The Bertz CT molecular complexity index is 1250. The summed E-state index contributed by atoms with van der Waals surface area (Å²) in [6.45, 7) is 0. The highest BCUT2D eigenvalue weighted by molar-refractivity contribution is 8.02. The van der Waals surface area contributed by atoms with E-state index in [1.807, 2.05) is 0 Å². The van der Waals surface area contributed by atoms with Gasteiger partial charge in [0.15, 0.2) is 15.0 Å². The summed E-state index contributed by atoms with van der Waals surface area (Å²) in [6, 6.07) is -0.950. The van der Waals surface area contributed by atoms with E-state index in [0.717, 1.165) is 16.9 Å². The molecule has 0 saturated carbocycles. The van der Waals surface area contributed by atoms with Gasteiger partial charge in [0.05, 0.1) is 22.8 Å². The molecule has 2 fully saturated rings. The van der Waals surface area contributed by atoms with E-state index in [-0.39, 0.29) is 38.9 Å². The van der Waals surface area contributed by atoms with Crippen molar-refractivity contribution in [2.75, 3.05) is 28.3 Å². The average Bonchev–Trinajstić information content (AvgIpc) is 3.41. The standard InChI is InChI=1S/C19H19ClN4O7S4/c20-3-11(12-6-34-19(22-12)21-8-25)15(26)23-13-16(27)24-14(18(28)29)9(5-33-17(13)24)4-32-10-1-2-35(30,31)7-10/h3,6,8,10,13,17H,1-2,4-5,7H2,(H,23,26)(H,28,29)(H,21,22,25)/t10?,13-,17+/m1/s1. The third-order valence-electron chi connectivity index (χ3n) is 5.54. The van der Waals surface area contributed by atoms with Gasteiger partial charge in [-0.25, -0.2) is 18.2 Å². The van der Waals surface area contributed by atoms with Gasteiger partial charge in [0, 0.05) is 27.7 Å². The fourth-order valence-corrected chi connectivity index (χ4v) is 9.88. The number of amides is 3. The monoisotopic (exact) mass is 578 g/mol. The van der Waals surface area contributed by atoms with Crippen molar-refractivity contribution in [3.63, 3.8) is 0 Å². The number of aliphatic carboxylic acids is 1.